The van der Waals surface area contributed by atoms with Crippen molar-refractivity contribution in [2.24, 2.45) is 0 Å². The van der Waals surface area contributed by atoms with Crippen molar-refractivity contribution in [3.05, 3.63) is 23.9 Å². The fourth-order valence-corrected chi connectivity index (χ4v) is 0.625. The zero-order valence-electron chi connectivity index (χ0n) is 4.99. The summed E-state index contributed by atoms with van der Waals surface area (Å²) in [4.78, 5) is 0. The molecule has 1 atom stereocenters. The lowest BCUT2D eigenvalue weighted by Crippen LogP contribution is -2.23. The molecular weight excluding hydrogens is 124 g/mol. The highest BCUT2D eigenvalue weighted by atomic mass is 19.2. The third-order valence-electron chi connectivity index (χ3n) is 1.18. The largest absolute Gasteiger partial charge is 0.382 e. The van der Waals surface area contributed by atoms with Crippen molar-refractivity contribution < 1.29 is 8.78 Å². The van der Waals surface area contributed by atoms with E-state index in [1.54, 1.807) is 6.92 Å². The van der Waals surface area contributed by atoms with Gasteiger partial charge in [-0.3, -0.25) is 0 Å². The molecule has 0 amide bonds. The molecule has 0 saturated heterocycles. The first-order chi connectivity index (χ1) is 4.22. The van der Waals surface area contributed by atoms with Crippen molar-refractivity contribution in [1.82, 2.24) is 5.32 Å². The second kappa shape index (κ2) is 2.17. The SMILES string of the molecule is CC1NC=CC(F)=C1F. The van der Waals surface area contributed by atoms with Crippen LogP contribution in [0.4, 0.5) is 8.78 Å². The van der Waals surface area contributed by atoms with Crippen molar-refractivity contribution in [3.63, 3.8) is 0 Å². The third-order valence-corrected chi connectivity index (χ3v) is 1.18. The Morgan fingerprint density at radius 3 is 2.67 bits per heavy atom. The van der Waals surface area contributed by atoms with Crippen LogP contribution in [0, 0.1) is 0 Å². The summed E-state index contributed by atoms with van der Waals surface area (Å²) in [6.45, 7) is 1.55. The summed E-state index contributed by atoms with van der Waals surface area (Å²) in [5.74, 6) is -1.50. The quantitative estimate of drug-likeness (QED) is 0.527. The van der Waals surface area contributed by atoms with Gasteiger partial charge in [0.25, 0.3) is 0 Å². The van der Waals surface area contributed by atoms with Crippen molar-refractivity contribution in [3.8, 4) is 0 Å². The Labute approximate surface area is 52.1 Å². The maximum absolute atomic E-state index is 12.4. The Morgan fingerprint density at radius 2 is 2.22 bits per heavy atom. The maximum Gasteiger partial charge on any atom is 0.158 e. The van der Waals surface area contributed by atoms with Crippen LogP contribution in [0.2, 0.25) is 0 Å². The van der Waals surface area contributed by atoms with Crippen molar-refractivity contribution in [1.29, 1.82) is 0 Å². The normalized spacial score (nSPS) is 26.3. The Balaban J connectivity index is 2.83. The van der Waals surface area contributed by atoms with Gasteiger partial charge in [0, 0.05) is 0 Å². The highest BCUT2D eigenvalue weighted by Gasteiger charge is 2.13. The summed E-state index contributed by atoms with van der Waals surface area (Å²) in [5.41, 5.74) is 0. The van der Waals surface area contributed by atoms with E-state index in [4.69, 9.17) is 0 Å². The minimum Gasteiger partial charge on any atom is -0.382 e. The summed E-state index contributed by atoms with van der Waals surface area (Å²) in [6, 6.07) is -0.519. The number of halogens is 2. The van der Waals surface area contributed by atoms with Gasteiger partial charge in [-0.15, -0.1) is 0 Å². The third kappa shape index (κ3) is 1.09. The second-order valence-electron chi connectivity index (χ2n) is 1.92. The monoisotopic (exact) mass is 131 g/mol. The molecule has 1 nitrogen and oxygen atoms in total. The van der Waals surface area contributed by atoms with E-state index in [9.17, 15) is 8.78 Å². The van der Waals surface area contributed by atoms with Crippen LogP contribution >= 0.6 is 0 Å². The number of rotatable bonds is 0. The van der Waals surface area contributed by atoms with Gasteiger partial charge in [0.05, 0.1) is 6.04 Å². The molecule has 9 heavy (non-hydrogen) atoms. The van der Waals surface area contributed by atoms with Gasteiger partial charge in [-0.05, 0) is 19.2 Å². The van der Waals surface area contributed by atoms with E-state index in [0.717, 1.165) is 6.08 Å². The predicted octanol–water partition coefficient (Wildman–Crippen LogP) is 1.64. The van der Waals surface area contributed by atoms with E-state index in [0.29, 0.717) is 0 Å². The van der Waals surface area contributed by atoms with Crippen LogP contribution in [0.25, 0.3) is 0 Å². The van der Waals surface area contributed by atoms with Gasteiger partial charge in [0.15, 0.2) is 11.7 Å². The molecule has 3 heteroatoms. The molecule has 1 rings (SSSR count). The van der Waals surface area contributed by atoms with Gasteiger partial charge >= 0.3 is 0 Å². The number of nitrogens with one attached hydrogen (secondary N) is 1. The Bertz CT molecular complexity index is 172. The second-order valence-corrected chi connectivity index (χ2v) is 1.92. The smallest absolute Gasteiger partial charge is 0.158 e. The van der Waals surface area contributed by atoms with Crippen LogP contribution in [0.5, 0.6) is 0 Å². The number of allylic oxidation sites excluding steroid dienone is 2. The van der Waals surface area contributed by atoms with Crippen LogP contribution in [0.1, 0.15) is 6.92 Å². The fourth-order valence-electron chi connectivity index (χ4n) is 0.625. The van der Waals surface area contributed by atoms with E-state index in [2.05, 4.69) is 5.32 Å². The van der Waals surface area contributed by atoms with E-state index < -0.39 is 17.7 Å². The standard InChI is InChI=1S/C6H7F2N/c1-4-6(8)5(7)2-3-9-4/h2-4,9H,1H3. The molecule has 1 aliphatic rings. The van der Waals surface area contributed by atoms with Crippen LogP contribution in [0.15, 0.2) is 23.9 Å². The summed E-state index contributed by atoms with van der Waals surface area (Å²) >= 11 is 0. The molecular formula is C6H7F2N. The fraction of sp³-hybridized carbons (Fsp3) is 0.333. The number of dihydropyridines is 1. The average molecular weight is 131 g/mol. The first-order valence-electron chi connectivity index (χ1n) is 2.69. The molecule has 1 heterocycles. The first-order valence-corrected chi connectivity index (χ1v) is 2.69. The van der Waals surface area contributed by atoms with Crippen LogP contribution < -0.4 is 5.32 Å². The van der Waals surface area contributed by atoms with E-state index >= 15 is 0 Å². The molecule has 0 radical (unpaired) electrons. The minimum atomic E-state index is -0.777. The van der Waals surface area contributed by atoms with Gasteiger partial charge in [-0.1, -0.05) is 0 Å². The molecule has 1 N–H and O–H groups in total. The van der Waals surface area contributed by atoms with Gasteiger partial charge in [0.1, 0.15) is 0 Å². The van der Waals surface area contributed by atoms with E-state index in [-0.39, 0.29) is 0 Å². The van der Waals surface area contributed by atoms with Gasteiger partial charge < -0.3 is 5.32 Å². The lowest BCUT2D eigenvalue weighted by atomic mass is 10.2. The molecule has 0 spiro atoms. The van der Waals surface area contributed by atoms with Gasteiger partial charge in [0.2, 0.25) is 0 Å². The van der Waals surface area contributed by atoms with Crippen molar-refractivity contribution in [2.45, 2.75) is 13.0 Å². The van der Waals surface area contributed by atoms with Crippen LogP contribution in [-0.4, -0.2) is 6.04 Å². The van der Waals surface area contributed by atoms with Gasteiger partial charge in [-0.2, -0.15) is 0 Å². The zero-order valence-corrected chi connectivity index (χ0v) is 4.99. The van der Waals surface area contributed by atoms with Crippen molar-refractivity contribution >= 4 is 0 Å². The summed E-state index contributed by atoms with van der Waals surface area (Å²) in [6.07, 6.45) is 2.46. The Morgan fingerprint density at radius 1 is 1.56 bits per heavy atom. The Kier molecular flexibility index (Phi) is 1.51. The molecule has 0 fully saturated rings. The van der Waals surface area contributed by atoms with E-state index in [1.807, 2.05) is 0 Å². The number of hydrogen-bond donors (Lipinski definition) is 1. The highest BCUT2D eigenvalue weighted by Crippen LogP contribution is 2.16. The predicted molar refractivity (Wildman–Crippen MR) is 31.0 cm³/mol. The summed E-state index contributed by atoms with van der Waals surface area (Å²) < 4.78 is 24.6. The molecule has 0 aromatic carbocycles. The Hall–Kier alpha value is -0.860. The zero-order chi connectivity index (χ0) is 6.85. The molecule has 1 unspecified atom stereocenters. The first kappa shape index (κ1) is 6.26. The number of hydrogen-bond acceptors (Lipinski definition) is 1. The molecule has 0 aromatic heterocycles. The molecule has 0 aliphatic carbocycles. The maximum atomic E-state index is 12.4. The molecule has 0 saturated carbocycles. The van der Waals surface area contributed by atoms with E-state index in [1.165, 1.54) is 6.20 Å². The van der Waals surface area contributed by atoms with Crippen molar-refractivity contribution in [2.75, 3.05) is 0 Å². The topological polar surface area (TPSA) is 12.0 Å². The lowest BCUT2D eigenvalue weighted by molar-refractivity contribution is 0.468. The average Bonchev–Trinajstić information content (AvgIpc) is 1.83. The highest BCUT2D eigenvalue weighted by molar-refractivity contribution is 5.22. The summed E-state index contributed by atoms with van der Waals surface area (Å²) in [5, 5.41) is 2.61. The molecule has 1 aliphatic heterocycles. The molecule has 0 aromatic rings. The van der Waals surface area contributed by atoms with Crippen LogP contribution in [-0.2, 0) is 0 Å². The van der Waals surface area contributed by atoms with Gasteiger partial charge in [-0.25, -0.2) is 8.78 Å². The minimum absolute atomic E-state index is 0.519. The summed E-state index contributed by atoms with van der Waals surface area (Å²) in [7, 11) is 0. The van der Waals surface area contributed by atoms with Crippen LogP contribution in [0.3, 0.4) is 0 Å². The molecule has 0 bridgehead atoms. The molecule has 50 valence electrons. The lowest BCUT2D eigenvalue weighted by Gasteiger charge is -2.12.